The van der Waals surface area contributed by atoms with Crippen LogP contribution in [0.15, 0.2) is 60.8 Å². The molecule has 1 amide bonds. The summed E-state index contributed by atoms with van der Waals surface area (Å²) in [7, 11) is 0. The van der Waals surface area contributed by atoms with E-state index in [1.54, 1.807) is 41.2 Å². The molecule has 138 valence electrons. The zero-order chi connectivity index (χ0) is 19.2. The third kappa shape index (κ3) is 5.18. The highest BCUT2D eigenvalue weighted by Gasteiger charge is 2.09. The van der Waals surface area contributed by atoms with Crippen molar-refractivity contribution in [2.45, 2.75) is 13.5 Å². The number of aromatic nitrogens is 2. The summed E-state index contributed by atoms with van der Waals surface area (Å²) in [5.41, 5.74) is 1.61. The molecule has 27 heavy (non-hydrogen) atoms. The number of ketones is 1. The van der Waals surface area contributed by atoms with Crippen LogP contribution in [0.2, 0.25) is 5.02 Å². The van der Waals surface area contributed by atoms with Crippen molar-refractivity contribution in [3.63, 3.8) is 0 Å². The maximum absolute atomic E-state index is 12.2. The first-order chi connectivity index (χ1) is 13.0. The van der Waals surface area contributed by atoms with Crippen molar-refractivity contribution in [3.05, 3.63) is 76.9 Å². The molecule has 0 atom stereocenters. The summed E-state index contributed by atoms with van der Waals surface area (Å²) in [6.45, 7) is 1.86. The number of carbonyl (C=O) groups is 2. The molecule has 0 radical (unpaired) electrons. The second-order valence-corrected chi connectivity index (χ2v) is 6.35. The van der Waals surface area contributed by atoms with E-state index in [9.17, 15) is 9.59 Å². The third-order valence-corrected chi connectivity index (χ3v) is 4.11. The second kappa shape index (κ2) is 8.51. The normalized spacial score (nSPS) is 10.4. The van der Waals surface area contributed by atoms with Crippen LogP contribution in [-0.2, 0) is 11.3 Å². The highest BCUT2D eigenvalue weighted by molar-refractivity contribution is 6.30. The van der Waals surface area contributed by atoms with Crippen LogP contribution in [0.3, 0.4) is 0 Å². The average Bonchev–Trinajstić information content (AvgIpc) is 3.09. The summed E-state index contributed by atoms with van der Waals surface area (Å²) in [5.74, 6) is 0.770. The van der Waals surface area contributed by atoms with Crippen LogP contribution in [0, 0.1) is 0 Å². The molecule has 0 saturated carbocycles. The molecule has 0 aliphatic heterocycles. The summed E-state index contributed by atoms with van der Waals surface area (Å²) in [6, 6.07) is 15.8. The van der Waals surface area contributed by atoms with E-state index in [0.717, 1.165) is 5.56 Å². The van der Waals surface area contributed by atoms with Gasteiger partial charge in [0, 0.05) is 16.7 Å². The third-order valence-electron chi connectivity index (χ3n) is 3.86. The number of rotatable bonds is 7. The first-order valence-electron chi connectivity index (χ1n) is 8.31. The fourth-order valence-electron chi connectivity index (χ4n) is 2.44. The summed E-state index contributed by atoms with van der Waals surface area (Å²) >= 11 is 5.89. The number of amides is 1. The molecule has 2 aromatic carbocycles. The number of benzene rings is 2. The van der Waals surface area contributed by atoms with Gasteiger partial charge in [-0.1, -0.05) is 23.7 Å². The fraction of sp³-hybridized carbons (Fsp3) is 0.150. The Morgan fingerprint density at radius 2 is 1.78 bits per heavy atom. The number of hydrogen-bond donors (Lipinski definition) is 1. The van der Waals surface area contributed by atoms with E-state index in [2.05, 4.69) is 10.4 Å². The zero-order valence-corrected chi connectivity index (χ0v) is 15.4. The van der Waals surface area contributed by atoms with Gasteiger partial charge in [0.1, 0.15) is 11.6 Å². The zero-order valence-electron chi connectivity index (χ0n) is 14.7. The Labute approximate surface area is 161 Å². The standard InChI is InChI=1S/C20H18ClN3O3/c1-14(25)16-4-8-18(9-5-16)27-13-20(26)23-19-10-11-22-24(19)12-15-2-6-17(21)7-3-15/h2-11H,12-13H2,1H3,(H,23,26). The van der Waals surface area contributed by atoms with Gasteiger partial charge in [0.05, 0.1) is 12.7 Å². The van der Waals surface area contributed by atoms with E-state index in [4.69, 9.17) is 16.3 Å². The number of anilines is 1. The topological polar surface area (TPSA) is 73.2 Å². The van der Waals surface area contributed by atoms with Gasteiger partial charge in [-0.3, -0.25) is 9.59 Å². The molecule has 0 aliphatic carbocycles. The first kappa shape index (κ1) is 18.7. The number of nitrogens with zero attached hydrogens (tertiary/aromatic N) is 2. The number of hydrogen-bond acceptors (Lipinski definition) is 4. The van der Waals surface area contributed by atoms with Gasteiger partial charge < -0.3 is 10.1 Å². The number of nitrogens with one attached hydrogen (secondary N) is 1. The van der Waals surface area contributed by atoms with E-state index in [1.165, 1.54) is 6.92 Å². The Morgan fingerprint density at radius 1 is 1.07 bits per heavy atom. The summed E-state index contributed by atoms with van der Waals surface area (Å²) in [5, 5.41) is 7.67. The highest BCUT2D eigenvalue weighted by atomic mass is 35.5. The van der Waals surface area contributed by atoms with E-state index in [-0.39, 0.29) is 18.3 Å². The summed E-state index contributed by atoms with van der Waals surface area (Å²) < 4.78 is 7.14. The Balaban J connectivity index is 1.56. The lowest BCUT2D eigenvalue weighted by Crippen LogP contribution is -2.22. The molecule has 1 heterocycles. The van der Waals surface area contributed by atoms with Gasteiger partial charge in [0.25, 0.3) is 5.91 Å². The Morgan fingerprint density at radius 3 is 2.44 bits per heavy atom. The minimum Gasteiger partial charge on any atom is -0.484 e. The molecule has 0 spiro atoms. The van der Waals surface area contributed by atoms with Crippen molar-refractivity contribution in [2.75, 3.05) is 11.9 Å². The van der Waals surface area contributed by atoms with Crippen LogP contribution in [0.25, 0.3) is 0 Å². The molecule has 7 heteroatoms. The largest absolute Gasteiger partial charge is 0.484 e. The number of carbonyl (C=O) groups excluding carboxylic acids is 2. The van der Waals surface area contributed by atoms with Crippen molar-refractivity contribution >= 4 is 29.1 Å². The predicted molar refractivity (Wildman–Crippen MR) is 103 cm³/mol. The minimum absolute atomic E-state index is 0.0201. The number of ether oxygens (including phenoxy) is 1. The predicted octanol–water partition coefficient (Wildman–Crippen LogP) is 3.80. The Bertz CT molecular complexity index is 934. The number of Topliss-reactive ketones (excluding diaryl/α,β-unsaturated/α-hetero) is 1. The van der Waals surface area contributed by atoms with Crippen LogP contribution >= 0.6 is 11.6 Å². The van der Waals surface area contributed by atoms with Gasteiger partial charge in [-0.25, -0.2) is 4.68 Å². The van der Waals surface area contributed by atoms with Crippen LogP contribution in [-0.4, -0.2) is 28.1 Å². The van der Waals surface area contributed by atoms with Crippen molar-refractivity contribution in [3.8, 4) is 5.75 Å². The number of halogens is 1. The molecule has 3 rings (SSSR count). The molecule has 0 bridgehead atoms. The molecular weight excluding hydrogens is 366 g/mol. The second-order valence-electron chi connectivity index (χ2n) is 5.92. The average molecular weight is 384 g/mol. The lowest BCUT2D eigenvalue weighted by molar-refractivity contribution is -0.118. The molecule has 1 N–H and O–H groups in total. The van der Waals surface area contributed by atoms with Crippen molar-refractivity contribution in [2.24, 2.45) is 0 Å². The van der Waals surface area contributed by atoms with E-state index >= 15 is 0 Å². The van der Waals surface area contributed by atoms with Crippen molar-refractivity contribution in [1.82, 2.24) is 9.78 Å². The van der Waals surface area contributed by atoms with Gasteiger partial charge >= 0.3 is 0 Å². The first-order valence-corrected chi connectivity index (χ1v) is 8.69. The molecule has 6 nitrogen and oxygen atoms in total. The molecule has 3 aromatic rings. The lowest BCUT2D eigenvalue weighted by Gasteiger charge is -2.10. The molecular formula is C20H18ClN3O3. The lowest BCUT2D eigenvalue weighted by atomic mass is 10.1. The minimum atomic E-state index is -0.302. The molecule has 0 aliphatic rings. The summed E-state index contributed by atoms with van der Waals surface area (Å²) in [6.07, 6.45) is 1.62. The quantitative estimate of drug-likeness (QED) is 0.630. The van der Waals surface area contributed by atoms with Crippen molar-refractivity contribution in [1.29, 1.82) is 0 Å². The fourth-order valence-corrected chi connectivity index (χ4v) is 2.57. The van der Waals surface area contributed by atoms with E-state index < -0.39 is 0 Å². The van der Waals surface area contributed by atoms with Crippen LogP contribution < -0.4 is 10.1 Å². The van der Waals surface area contributed by atoms with Crippen LogP contribution in [0.4, 0.5) is 5.82 Å². The van der Waals surface area contributed by atoms with Gasteiger partial charge in [0.15, 0.2) is 12.4 Å². The van der Waals surface area contributed by atoms with Gasteiger partial charge in [-0.05, 0) is 48.9 Å². The molecule has 1 aromatic heterocycles. The molecule has 0 unspecified atom stereocenters. The van der Waals surface area contributed by atoms with Crippen LogP contribution in [0.5, 0.6) is 5.75 Å². The monoisotopic (exact) mass is 383 g/mol. The van der Waals surface area contributed by atoms with Gasteiger partial charge in [0.2, 0.25) is 0 Å². The molecule has 0 fully saturated rings. The van der Waals surface area contributed by atoms with Crippen molar-refractivity contribution < 1.29 is 14.3 Å². The maximum Gasteiger partial charge on any atom is 0.263 e. The summed E-state index contributed by atoms with van der Waals surface area (Å²) in [4.78, 5) is 23.4. The van der Waals surface area contributed by atoms with E-state index in [1.807, 2.05) is 24.3 Å². The Hall–Kier alpha value is -3.12. The van der Waals surface area contributed by atoms with Crippen LogP contribution in [0.1, 0.15) is 22.8 Å². The SMILES string of the molecule is CC(=O)c1ccc(OCC(=O)Nc2ccnn2Cc2ccc(Cl)cc2)cc1. The van der Waals surface area contributed by atoms with E-state index in [0.29, 0.717) is 28.7 Å². The van der Waals surface area contributed by atoms with Gasteiger partial charge in [-0.15, -0.1) is 0 Å². The van der Waals surface area contributed by atoms with Gasteiger partial charge in [-0.2, -0.15) is 5.10 Å². The highest BCUT2D eigenvalue weighted by Crippen LogP contribution is 2.15. The maximum atomic E-state index is 12.2. The smallest absolute Gasteiger partial charge is 0.263 e. The Kier molecular flexibility index (Phi) is 5.88. The molecule has 0 saturated heterocycles.